The summed E-state index contributed by atoms with van der Waals surface area (Å²) in [5, 5.41) is 18.5. The lowest BCUT2D eigenvalue weighted by atomic mass is 10.2. The van der Waals surface area contributed by atoms with E-state index in [1.54, 1.807) is 16.2 Å². The third-order valence-electron chi connectivity index (χ3n) is 3.57. The van der Waals surface area contributed by atoms with E-state index in [4.69, 9.17) is 5.26 Å². The number of anilines is 1. The minimum absolute atomic E-state index is 0.0685. The molecule has 0 radical (unpaired) electrons. The molecule has 1 N–H and O–H groups in total. The second-order valence-corrected chi connectivity index (χ2v) is 7.37. The van der Waals surface area contributed by atoms with Gasteiger partial charge in [0.1, 0.15) is 5.82 Å². The van der Waals surface area contributed by atoms with Crippen molar-refractivity contribution in [2.75, 3.05) is 17.2 Å². The number of thiophene rings is 1. The largest absolute Gasteiger partial charge is 0.311 e. The molecular weight excluding hydrogens is 366 g/mol. The molecule has 3 rings (SSSR count). The van der Waals surface area contributed by atoms with Crippen molar-refractivity contribution in [1.82, 2.24) is 15.2 Å². The van der Waals surface area contributed by atoms with Gasteiger partial charge in [0.25, 0.3) is 0 Å². The van der Waals surface area contributed by atoms with Crippen LogP contribution in [0.1, 0.15) is 17.1 Å². The van der Waals surface area contributed by atoms with Crippen molar-refractivity contribution in [2.45, 2.75) is 18.0 Å². The lowest BCUT2D eigenvalue weighted by Gasteiger charge is -2.21. The Kier molecular flexibility index (Phi) is 6.41. The Morgan fingerprint density at radius 3 is 2.85 bits per heavy atom. The van der Waals surface area contributed by atoms with Crippen molar-refractivity contribution in [3.05, 3.63) is 58.5 Å². The summed E-state index contributed by atoms with van der Waals surface area (Å²) in [5.41, 5.74) is 0.793. The highest BCUT2D eigenvalue weighted by Crippen LogP contribution is 2.19. The number of para-hydroxylation sites is 1. The van der Waals surface area contributed by atoms with Crippen molar-refractivity contribution in [1.29, 1.82) is 5.26 Å². The van der Waals surface area contributed by atoms with Gasteiger partial charge in [-0.15, -0.1) is 16.4 Å². The number of benzene rings is 1. The highest BCUT2D eigenvalue weighted by Gasteiger charge is 2.17. The first-order chi connectivity index (χ1) is 12.8. The minimum Gasteiger partial charge on any atom is -0.311 e. The average Bonchev–Trinajstić information content (AvgIpc) is 3.34. The van der Waals surface area contributed by atoms with Gasteiger partial charge >= 0.3 is 0 Å². The predicted molar refractivity (Wildman–Crippen MR) is 103 cm³/mol. The highest BCUT2D eigenvalue weighted by molar-refractivity contribution is 7.99. The summed E-state index contributed by atoms with van der Waals surface area (Å²) in [4.78, 5) is 19.9. The number of nitriles is 1. The second kappa shape index (κ2) is 9.17. The van der Waals surface area contributed by atoms with Crippen LogP contribution in [0.4, 0.5) is 5.69 Å². The molecule has 132 valence electrons. The summed E-state index contributed by atoms with van der Waals surface area (Å²) < 4.78 is 0. The Balaban J connectivity index is 1.59. The van der Waals surface area contributed by atoms with Gasteiger partial charge in [-0.3, -0.25) is 9.89 Å². The number of hydrogen-bond donors (Lipinski definition) is 1. The molecule has 6 nitrogen and oxygen atoms in total. The van der Waals surface area contributed by atoms with E-state index < -0.39 is 0 Å². The number of hydrogen-bond acceptors (Lipinski definition) is 6. The SMILES string of the molecule is N#CCCN(C(=O)CSc1n[nH]c(Cc2cccs2)n1)c1ccccc1. The number of carbonyl (C=O) groups is 1. The highest BCUT2D eigenvalue weighted by atomic mass is 32.2. The monoisotopic (exact) mass is 383 g/mol. The maximum atomic E-state index is 12.6. The molecule has 2 heterocycles. The van der Waals surface area contributed by atoms with Crippen molar-refractivity contribution >= 4 is 34.7 Å². The minimum atomic E-state index is -0.0685. The number of aromatic nitrogens is 3. The first-order valence-electron chi connectivity index (χ1n) is 8.05. The molecule has 0 unspecified atom stereocenters. The molecule has 0 saturated heterocycles. The number of thioether (sulfide) groups is 1. The molecule has 0 aliphatic carbocycles. The third kappa shape index (κ3) is 4.94. The van der Waals surface area contributed by atoms with E-state index in [2.05, 4.69) is 27.3 Å². The van der Waals surface area contributed by atoms with E-state index in [0.717, 1.165) is 11.5 Å². The van der Waals surface area contributed by atoms with Crippen molar-refractivity contribution < 1.29 is 4.79 Å². The number of aromatic amines is 1. The van der Waals surface area contributed by atoms with E-state index in [9.17, 15) is 4.79 Å². The molecule has 2 aromatic heterocycles. The topological polar surface area (TPSA) is 85.7 Å². The summed E-state index contributed by atoms with van der Waals surface area (Å²) in [5.74, 6) is 0.934. The number of nitrogens with zero attached hydrogens (tertiary/aromatic N) is 4. The summed E-state index contributed by atoms with van der Waals surface area (Å²) >= 11 is 2.97. The molecule has 8 heteroatoms. The molecule has 3 aromatic rings. The van der Waals surface area contributed by atoms with Gasteiger partial charge in [-0.05, 0) is 23.6 Å². The Labute approximate surface area is 159 Å². The van der Waals surface area contributed by atoms with Crippen LogP contribution in [-0.2, 0) is 11.2 Å². The van der Waals surface area contributed by atoms with Gasteiger partial charge < -0.3 is 4.90 Å². The van der Waals surface area contributed by atoms with Crippen molar-refractivity contribution in [3.63, 3.8) is 0 Å². The summed E-state index contributed by atoms with van der Waals surface area (Å²) in [6, 6.07) is 15.5. The number of carbonyl (C=O) groups excluding carboxylic acids is 1. The van der Waals surface area contributed by atoms with Gasteiger partial charge in [-0.25, -0.2) is 4.98 Å². The van der Waals surface area contributed by atoms with Crippen LogP contribution in [0.15, 0.2) is 53.0 Å². The molecule has 1 aromatic carbocycles. The van der Waals surface area contributed by atoms with E-state index in [1.165, 1.54) is 16.6 Å². The van der Waals surface area contributed by atoms with Crippen LogP contribution in [0.5, 0.6) is 0 Å². The van der Waals surface area contributed by atoms with Crippen LogP contribution in [0, 0.1) is 11.3 Å². The van der Waals surface area contributed by atoms with Gasteiger partial charge in [0.05, 0.1) is 18.2 Å². The average molecular weight is 384 g/mol. The molecule has 0 aliphatic heterocycles. The van der Waals surface area contributed by atoms with Gasteiger partial charge in [0, 0.05) is 23.5 Å². The zero-order valence-corrected chi connectivity index (χ0v) is 15.6. The van der Waals surface area contributed by atoms with Crippen LogP contribution in [0.2, 0.25) is 0 Å². The molecule has 0 atom stereocenters. The first-order valence-corrected chi connectivity index (χ1v) is 9.91. The summed E-state index contributed by atoms with van der Waals surface area (Å²) in [6.45, 7) is 0.373. The zero-order chi connectivity index (χ0) is 18.2. The van der Waals surface area contributed by atoms with Gasteiger partial charge in [-0.1, -0.05) is 36.0 Å². The van der Waals surface area contributed by atoms with Crippen LogP contribution in [0.25, 0.3) is 0 Å². The number of rotatable bonds is 8. The molecular formula is C18H17N5OS2. The van der Waals surface area contributed by atoms with Gasteiger partial charge in [0.2, 0.25) is 11.1 Å². The third-order valence-corrected chi connectivity index (χ3v) is 5.28. The van der Waals surface area contributed by atoms with Crippen LogP contribution in [0.3, 0.4) is 0 Å². The fourth-order valence-corrected chi connectivity index (χ4v) is 3.77. The summed E-state index contributed by atoms with van der Waals surface area (Å²) in [7, 11) is 0. The molecule has 0 bridgehead atoms. The molecule has 26 heavy (non-hydrogen) atoms. The van der Waals surface area contributed by atoms with E-state index >= 15 is 0 Å². The second-order valence-electron chi connectivity index (χ2n) is 5.40. The molecule has 0 aliphatic rings. The first kappa shape index (κ1) is 18.2. The standard InChI is InChI=1S/C18H17N5OS2/c19-9-5-10-23(14-6-2-1-3-7-14)17(24)13-26-18-20-16(21-22-18)12-15-8-4-11-25-15/h1-4,6-8,11H,5,10,12-13H2,(H,20,21,22). The normalized spacial score (nSPS) is 10.4. The van der Waals surface area contributed by atoms with Crippen LogP contribution >= 0.6 is 23.1 Å². The Morgan fingerprint density at radius 2 is 2.12 bits per heavy atom. The van der Waals surface area contributed by atoms with Gasteiger partial charge in [-0.2, -0.15) is 5.26 Å². The lowest BCUT2D eigenvalue weighted by molar-refractivity contribution is -0.116. The Hall–Kier alpha value is -2.63. The van der Waals surface area contributed by atoms with E-state index in [1.807, 2.05) is 41.8 Å². The summed E-state index contributed by atoms with van der Waals surface area (Å²) in [6.07, 6.45) is 0.994. The van der Waals surface area contributed by atoms with Gasteiger partial charge in [0.15, 0.2) is 0 Å². The predicted octanol–water partition coefficient (Wildman–Crippen LogP) is 3.50. The molecule has 0 fully saturated rings. The lowest BCUT2D eigenvalue weighted by Crippen LogP contribution is -2.33. The zero-order valence-electron chi connectivity index (χ0n) is 14.0. The maximum absolute atomic E-state index is 12.6. The van der Waals surface area contributed by atoms with Crippen molar-refractivity contribution in [2.24, 2.45) is 0 Å². The maximum Gasteiger partial charge on any atom is 0.237 e. The fourth-order valence-electron chi connectivity index (χ4n) is 2.37. The fraction of sp³-hybridized carbons (Fsp3) is 0.222. The Morgan fingerprint density at radius 1 is 1.27 bits per heavy atom. The number of amides is 1. The van der Waals surface area contributed by atoms with Crippen molar-refractivity contribution in [3.8, 4) is 6.07 Å². The molecule has 0 spiro atoms. The molecule has 0 saturated carbocycles. The van der Waals surface area contributed by atoms with Crippen LogP contribution in [-0.4, -0.2) is 33.4 Å². The number of H-pyrrole nitrogens is 1. The Bertz CT molecular complexity index is 871. The van der Waals surface area contributed by atoms with E-state index in [0.29, 0.717) is 18.1 Å². The van der Waals surface area contributed by atoms with E-state index in [-0.39, 0.29) is 18.1 Å². The molecule has 1 amide bonds. The van der Waals surface area contributed by atoms with Crippen LogP contribution < -0.4 is 4.90 Å². The quantitative estimate of drug-likeness (QED) is 0.602. The smallest absolute Gasteiger partial charge is 0.237 e. The number of nitrogens with one attached hydrogen (secondary N) is 1.